The van der Waals surface area contributed by atoms with E-state index >= 15 is 0 Å². The minimum absolute atomic E-state index is 0.421. The molecule has 0 saturated heterocycles. The Morgan fingerprint density at radius 2 is 2.17 bits per heavy atom. The van der Waals surface area contributed by atoms with Gasteiger partial charge in [-0.2, -0.15) is 4.98 Å². The first kappa shape index (κ1) is 13.5. The summed E-state index contributed by atoms with van der Waals surface area (Å²) in [4.78, 5) is 20.9. The molecule has 4 aromatic heterocycles. The first-order valence-corrected chi connectivity index (χ1v) is 8.18. The quantitative estimate of drug-likeness (QED) is 0.604. The molecule has 7 nitrogen and oxygen atoms in total. The lowest BCUT2D eigenvalue weighted by atomic mass is 10.1. The van der Waals surface area contributed by atoms with Crippen LogP contribution in [0.5, 0.6) is 0 Å². The lowest BCUT2D eigenvalue weighted by Gasteiger charge is -2.12. The molecule has 0 aromatic carbocycles. The highest BCUT2D eigenvalue weighted by Crippen LogP contribution is 2.34. The van der Waals surface area contributed by atoms with Gasteiger partial charge in [0.05, 0.1) is 0 Å². The number of H-pyrrole nitrogens is 1. The second kappa shape index (κ2) is 5.02. The van der Waals surface area contributed by atoms with Gasteiger partial charge in [-0.15, -0.1) is 0 Å². The van der Waals surface area contributed by atoms with Crippen LogP contribution in [0.3, 0.4) is 0 Å². The molecular weight excluding hydrogens is 302 g/mol. The fraction of sp³-hybridized carbons (Fsp3) is 0.294. The normalized spacial score (nSPS) is 15.9. The molecule has 0 aliphatic heterocycles. The van der Waals surface area contributed by atoms with Crippen molar-refractivity contribution in [3.05, 3.63) is 37.2 Å². The number of imidazole rings is 1. The summed E-state index contributed by atoms with van der Waals surface area (Å²) in [5, 5.41) is 4.39. The minimum atomic E-state index is 0.421. The molecule has 0 unspecified atom stereocenters. The van der Waals surface area contributed by atoms with Gasteiger partial charge in [-0.1, -0.05) is 0 Å². The monoisotopic (exact) mass is 319 g/mol. The van der Waals surface area contributed by atoms with E-state index in [4.69, 9.17) is 0 Å². The molecule has 1 saturated carbocycles. The summed E-state index contributed by atoms with van der Waals surface area (Å²) in [6.45, 7) is 2.19. The highest BCUT2D eigenvalue weighted by Gasteiger charge is 2.28. The van der Waals surface area contributed by atoms with Gasteiger partial charge in [0.2, 0.25) is 11.7 Å². The van der Waals surface area contributed by atoms with Crippen molar-refractivity contribution in [2.45, 2.75) is 25.8 Å². The van der Waals surface area contributed by atoms with Crippen LogP contribution in [0, 0.1) is 5.92 Å². The molecule has 4 aromatic rings. The van der Waals surface area contributed by atoms with Gasteiger partial charge in [0.25, 0.3) is 0 Å². The number of nitrogens with one attached hydrogen (secondary N) is 2. The van der Waals surface area contributed by atoms with E-state index in [0.29, 0.717) is 17.8 Å². The van der Waals surface area contributed by atoms with E-state index in [2.05, 4.69) is 37.2 Å². The Morgan fingerprint density at radius 3 is 3.04 bits per heavy atom. The lowest BCUT2D eigenvalue weighted by molar-refractivity contribution is 0.687. The van der Waals surface area contributed by atoms with Gasteiger partial charge in [0.1, 0.15) is 5.65 Å². The SMILES string of the molecule is C[C@@H](Nc1ncc2c(-c3cnc4nccn4c3)c[nH]c2n1)C1CC1. The van der Waals surface area contributed by atoms with Crippen molar-refractivity contribution in [3.63, 3.8) is 0 Å². The first-order valence-electron chi connectivity index (χ1n) is 8.18. The van der Waals surface area contributed by atoms with Gasteiger partial charge >= 0.3 is 0 Å². The third-order valence-corrected chi connectivity index (χ3v) is 4.67. The predicted octanol–water partition coefficient (Wildman–Crippen LogP) is 2.88. The Labute approximate surface area is 138 Å². The zero-order valence-electron chi connectivity index (χ0n) is 13.3. The Morgan fingerprint density at radius 1 is 1.25 bits per heavy atom. The van der Waals surface area contributed by atoms with Crippen LogP contribution in [0.1, 0.15) is 19.8 Å². The molecule has 1 atom stereocenters. The summed E-state index contributed by atoms with van der Waals surface area (Å²) in [7, 11) is 0. The minimum Gasteiger partial charge on any atom is -0.351 e. The molecule has 24 heavy (non-hydrogen) atoms. The van der Waals surface area contributed by atoms with Crippen molar-refractivity contribution in [1.29, 1.82) is 0 Å². The van der Waals surface area contributed by atoms with Gasteiger partial charge in [0, 0.05) is 59.7 Å². The molecule has 4 heterocycles. The van der Waals surface area contributed by atoms with Crippen LogP contribution >= 0.6 is 0 Å². The zero-order valence-corrected chi connectivity index (χ0v) is 13.3. The maximum Gasteiger partial charge on any atom is 0.233 e. The molecule has 1 aliphatic carbocycles. The van der Waals surface area contributed by atoms with E-state index in [1.165, 1.54) is 12.8 Å². The number of fused-ring (bicyclic) bond motifs is 2. The molecular formula is C17H17N7. The Bertz CT molecular complexity index is 1030. The number of hydrogen-bond acceptors (Lipinski definition) is 5. The van der Waals surface area contributed by atoms with E-state index in [-0.39, 0.29) is 0 Å². The molecule has 120 valence electrons. The molecule has 1 fully saturated rings. The number of hydrogen-bond donors (Lipinski definition) is 2. The van der Waals surface area contributed by atoms with Gasteiger partial charge in [-0.25, -0.2) is 15.0 Å². The van der Waals surface area contributed by atoms with Crippen molar-refractivity contribution in [1.82, 2.24) is 29.3 Å². The van der Waals surface area contributed by atoms with Gasteiger partial charge in [-0.3, -0.25) is 4.40 Å². The summed E-state index contributed by atoms with van der Waals surface area (Å²) in [5.74, 6) is 2.13. The average Bonchev–Trinajstić information content (AvgIpc) is 3.20. The topological polar surface area (TPSA) is 83.8 Å². The van der Waals surface area contributed by atoms with Crippen LogP contribution in [-0.2, 0) is 0 Å². The summed E-state index contributed by atoms with van der Waals surface area (Å²) in [5.41, 5.74) is 2.87. The van der Waals surface area contributed by atoms with E-state index in [9.17, 15) is 0 Å². The van der Waals surface area contributed by atoms with Crippen LogP contribution in [0.4, 0.5) is 5.95 Å². The summed E-state index contributed by atoms with van der Waals surface area (Å²) >= 11 is 0. The van der Waals surface area contributed by atoms with E-state index < -0.39 is 0 Å². The Balaban J connectivity index is 1.52. The number of nitrogens with zero attached hydrogens (tertiary/aromatic N) is 5. The zero-order chi connectivity index (χ0) is 16.1. The van der Waals surface area contributed by atoms with Gasteiger partial charge < -0.3 is 10.3 Å². The predicted molar refractivity (Wildman–Crippen MR) is 91.7 cm³/mol. The van der Waals surface area contributed by atoms with Crippen molar-refractivity contribution in [2.75, 3.05) is 5.32 Å². The summed E-state index contributed by atoms with van der Waals surface area (Å²) in [6.07, 6.45) is 13.9. The van der Waals surface area contributed by atoms with Crippen molar-refractivity contribution < 1.29 is 0 Å². The highest BCUT2D eigenvalue weighted by molar-refractivity contribution is 5.93. The van der Waals surface area contributed by atoms with E-state index in [1.807, 2.05) is 35.4 Å². The number of aromatic amines is 1. The van der Waals surface area contributed by atoms with Crippen molar-refractivity contribution in [2.24, 2.45) is 5.92 Å². The molecule has 0 bridgehead atoms. The van der Waals surface area contributed by atoms with Crippen molar-refractivity contribution >= 4 is 22.8 Å². The number of anilines is 1. The van der Waals surface area contributed by atoms with E-state index in [0.717, 1.165) is 28.1 Å². The van der Waals surface area contributed by atoms with E-state index in [1.54, 1.807) is 6.20 Å². The summed E-state index contributed by atoms with van der Waals surface area (Å²) in [6, 6.07) is 0.421. The molecule has 0 radical (unpaired) electrons. The fourth-order valence-corrected chi connectivity index (χ4v) is 3.09. The van der Waals surface area contributed by atoms with Crippen LogP contribution in [-0.4, -0.2) is 35.4 Å². The molecule has 1 aliphatic rings. The second-order valence-electron chi connectivity index (χ2n) is 6.41. The molecule has 7 heteroatoms. The standard InChI is InChI=1S/C17H17N7/c1-10(11-2-3-11)22-16-20-8-14-13(7-19-15(14)23-16)12-6-21-17-18-4-5-24(17)9-12/h4-11H,2-3H2,1H3,(H2,19,20,22,23)/t10-/m1/s1. The number of rotatable bonds is 4. The largest absolute Gasteiger partial charge is 0.351 e. The van der Waals surface area contributed by atoms with Crippen LogP contribution in [0.25, 0.3) is 27.9 Å². The third-order valence-electron chi connectivity index (χ3n) is 4.67. The number of aromatic nitrogens is 6. The maximum absolute atomic E-state index is 4.61. The molecule has 2 N–H and O–H groups in total. The molecule has 0 spiro atoms. The lowest BCUT2D eigenvalue weighted by Crippen LogP contribution is -2.18. The maximum atomic E-state index is 4.61. The molecule has 5 rings (SSSR count). The van der Waals surface area contributed by atoms with Crippen LogP contribution in [0.15, 0.2) is 37.2 Å². The summed E-state index contributed by atoms with van der Waals surface area (Å²) < 4.78 is 1.91. The fourth-order valence-electron chi connectivity index (χ4n) is 3.09. The Kier molecular flexibility index (Phi) is 2.82. The molecule has 0 amide bonds. The smallest absolute Gasteiger partial charge is 0.233 e. The van der Waals surface area contributed by atoms with Crippen molar-refractivity contribution in [3.8, 4) is 11.1 Å². The van der Waals surface area contributed by atoms with Crippen LogP contribution in [0.2, 0.25) is 0 Å². The Hall–Kier alpha value is -2.96. The van der Waals surface area contributed by atoms with Gasteiger partial charge in [-0.05, 0) is 25.7 Å². The third kappa shape index (κ3) is 2.20. The highest BCUT2D eigenvalue weighted by atomic mass is 15.1. The van der Waals surface area contributed by atoms with Crippen LogP contribution < -0.4 is 5.32 Å². The van der Waals surface area contributed by atoms with Gasteiger partial charge in [0.15, 0.2) is 0 Å². The second-order valence-corrected chi connectivity index (χ2v) is 6.41. The first-order chi connectivity index (χ1) is 11.8. The average molecular weight is 319 g/mol.